The van der Waals surface area contributed by atoms with Crippen molar-refractivity contribution in [2.75, 3.05) is 64.9 Å². The Kier molecular flexibility index (Phi) is 38.1. The predicted octanol–water partition coefficient (Wildman–Crippen LogP) is 0.579. The molecule has 1 saturated heterocycles. The van der Waals surface area contributed by atoms with Crippen LogP contribution in [0, 0.1) is 17.8 Å². The summed E-state index contributed by atoms with van der Waals surface area (Å²) < 4.78 is 95.9. The molecule has 0 spiro atoms. The molecule has 12 rings (SSSR count). The first-order valence-electron chi connectivity index (χ1n) is 46.9. The fourth-order valence-electron chi connectivity index (χ4n) is 17.6. The number of aliphatic hydroxyl groups is 1. The van der Waals surface area contributed by atoms with Gasteiger partial charge in [-0.15, -0.1) is 0 Å². The number of aromatic nitrogens is 2. The maximum atomic E-state index is 15.7. The van der Waals surface area contributed by atoms with Crippen LogP contribution in [0.25, 0.3) is 21.8 Å². The molecule has 19 N–H and O–H groups in total. The Hall–Kier alpha value is -11.9. The zero-order valence-electron chi connectivity index (χ0n) is 79.5. The third-order valence-corrected chi connectivity index (χ3v) is 34.7. The molecule has 5 aromatic carbocycles. The number of hydrogen-bond acceptors (Lipinski definition) is 26. The number of benzene rings is 5. The van der Waals surface area contributed by atoms with Gasteiger partial charge in [-0.05, 0) is 120 Å². The second kappa shape index (κ2) is 49.6. The number of aromatic carboxylic acids is 1. The molecule has 0 radical (unpaired) electrons. The van der Waals surface area contributed by atoms with Gasteiger partial charge in [-0.3, -0.25) is 67.1 Å². The lowest BCUT2D eigenvalue weighted by molar-refractivity contribution is -0.143. The number of nitrogens with two attached hydrogens (primary N) is 2. The number of thioether (sulfide) groups is 3. The number of H-pyrrole nitrogens is 2. The molecule has 772 valence electrons. The highest BCUT2D eigenvalue weighted by atomic mass is 32.2. The number of ketones is 1. The van der Waals surface area contributed by atoms with Crippen LogP contribution in [-0.4, -0.2) is 294 Å². The number of fused-ring (bicyclic) bond motifs is 15. The number of primary amides is 1. The SMILES string of the molecule is CC(C)[C@@H]1NC(=O)[C@H](Cc2c[nH]c3ccccc23)NC(=O)[C@@H]2CSCCS(=O)(=O)N3Cc4cccc(c4)CN(Cc4cccc(c4)CN(Cc4cc(cc(C(=O)O)c4)C3)S(=O)(=O)CCSC[C@@H](C(N)=O)NC(=O)[C@@H]3CCCN3C(=O)[C@H](C(C)C)NC(=O)[C@H](Cc3c[nH]c4ccccc34)NC(=O)CNC(=O)[C@H](CC(=O)O)NC1=O)S(=O)(=O)CCSC[C@H](NC(=O)[C@@H](C)N)C(=O)N[C@@H]1C(=O)C[C@@H](CCC[C@H]1O)C(=O)N2. The second-order valence-electron chi connectivity index (χ2n) is 37.0. The molecule has 3 unspecified atom stereocenters. The van der Waals surface area contributed by atoms with Gasteiger partial charge in [0.15, 0.2) is 5.78 Å². The molecule has 5 aliphatic rings. The Labute approximate surface area is 839 Å². The van der Waals surface area contributed by atoms with Crippen molar-refractivity contribution in [3.05, 3.63) is 178 Å². The molecule has 12 bridgehead atoms. The van der Waals surface area contributed by atoms with Crippen LogP contribution in [0.1, 0.15) is 134 Å². The minimum absolute atomic E-state index is 0.0183. The van der Waals surface area contributed by atoms with Crippen LogP contribution in [0.2, 0.25) is 0 Å². The summed E-state index contributed by atoms with van der Waals surface area (Å²) in [5.74, 6) is -23.2. The van der Waals surface area contributed by atoms with Crippen molar-refractivity contribution in [1.29, 1.82) is 0 Å². The molecule has 7 aromatic rings. The molecular weight excluding hydrogens is 1970 g/mol. The number of carbonyl (C=O) groups excluding carboxylic acids is 13. The molecule has 12 amide bonds. The van der Waals surface area contributed by atoms with Gasteiger partial charge in [0.05, 0.1) is 47.9 Å². The number of carboxylic acid groups (broad SMARTS) is 2. The molecule has 2 fully saturated rings. The van der Waals surface area contributed by atoms with Gasteiger partial charge in [0, 0.05) is 140 Å². The van der Waals surface area contributed by atoms with E-state index in [0.717, 1.165) is 48.2 Å². The standard InChI is InChI=1S/C95H122N18O24S6/c1-53(2)81-93(128)103-72(40-80(117)118)87(122)100-43-79(116)101-70(37-64-41-98-68-21-8-6-19-66(64)68)88(123)108-82(54(3)4)94(129)113-25-13-23-76(113)92(127)104-73(84(97)119)50-138-26-29-142(134,135)111-46-58-16-10-14-56(32-58)44-110-45-57-15-11-17-59(33-57)47-112(49-61-34-60(48-111)35-63(36-61)95(130)131)143(136,137)31-28-139-51-74(90(125)102-71(89(124)107-81)38-65-42-99-69-22-9-7-20-67(65)69)106-86(121)62-18-12-24-77(114)83(78(115)39-62)109-91(126)75(105-85(120)55(5)96)52-140-27-30-141(110,132)133/h6-11,14-17,19-22,32-36,41-42,53-55,62,70-77,81-83,98-99,114H,12-13,18,23-31,37-40,43-52,96H2,1-5H3,(H2,97,119)(H,100,122)(H,101,116)(H,102,125)(H,103,128)(H,104,127)(H,105,120)(H,106,121)(H,107,124)(H,108,123)(H,109,126)(H,117,118)(H,130,131)/t55-,62-,70+,71+,72+,73+,74+,75+,76+,77-,81+,82+,83+/m1/s1. The average molecular weight is 2090 g/mol. The third kappa shape index (κ3) is 29.9. The fourth-order valence-corrected chi connectivity index (χ4v) is 26.4. The minimum atomic E-state index is -4.70. The van der Waals surface area contributed by atoms with Gasteiger partial charge in [0.1, 0.15) is 60.4 Å². The van der Waals surface area contributed by atoms with Crippen molar-refractivity contribution in [2.45, 2.75) is 204 Å². The summed E-state index contributed by atoms with van der Waals surface area (Å²) in [4.78, 5) is 225. The van der Waals surface area contributed by atoms with E-state index in [1.165, 1.54) is 43.9 Å². The monoisotopic (exact) mass is 2090 g/mol. The van der Waals surface area contributed by atoms with Gasteiger partial charge in [0.25, 0.3) is 0 Å². The lowest BCUT2D eigenvalue weighted by Crippen LogP contribution is -2.61. The number of aliphatic carboxylic acids is 1. The number of sulfonamides is 3. The summed E-state index contributed by atoms with van der Waals surface area (Å²) in [6.45, 7) is 3.66. The highest BCUT2D eigenvalue weighted by molar-refractivity contribution is 8.01. The minimum Gasteiger partial charge on any atom is -0.481 e. The van der Waals surface area contributed by atoms with Crippen molar-refractivity contribution in [2.24, 2.45) is 29.2 Å². The summed E-state index contributed by atoms with van der Waals surface area (Å²) in [5, 5.41) is 60.0. The van der Waals surface area contributed by atoms with Crippen molar-refractivity contribution in [3.8, 4) is 0 Å². The number of aromatic amines is 2. The van der Waals surface area contributed by atoms with Gasteiger partial charge in [-0.1, -0.05) is 119 Å². The molecule has 1 aliphatic carbocycles. The maximum Gasteiger partial charge on any atom is 0.335 e. The van der Waals surface area contributed by atoms with Crippen LogP contribution in [0.15, 0.2) is 128 Å². The molecule has 4 aliphatic heterocycles. The van der Waals surface area contributed by atoms with Crippen molar-refractivity contribution >= 4 is 176 Å². The van der Waals surface area contributed by atoms with Crippen LogP contribution in [0.5, 0.6) is 0 Å². The topological polar surface area (TPSA) is 636 Å². The summed E-state index contributed by atoms with van der Waals surface area (Å²) in [7, 11) is -13.8. The molecule has 6 heterocycles. The Bertz CT molecular complexity index is 6280. The Morgan fingerprint density at radius 3 is 1.50 bits per heavy atom. The van der Waals surface area contributed by atoms with E-state index in [1.54, 1.807) is 123 Å². The lowest BCUT2D eigenvalue weighted by atomic mass is 9.85. The van der Waals surface area contributed by atoms with Crippen molar-refractivity contribution in [1.82, 2.24) is 81.0 Å². The van der Waals surface area contributed by atoms with Gasteiger partial charge < -0.3 is 94.8 Å². The number of nitrogens with zero attached hydrogens (tertiary/aromatic N) is 4. The molecule has 48 heteroatoms. The van der Waals surface area contributed by atoms with Crippen LogP contribution in [0.3, 0.4) is 0 Å². The number of nitrogens with one attached hydrogen (secondary N) is 12. The van der Waals surface area contributed by atoms with E-state index in [-0.39, 0.29) is 104 Å². The third-order valence-electron chi connectivity index (χ3n) is 25.4. The van der Waals surface area contributed by atoms with Crippen LogP contribution in [-0.2, 0) is 149 Å². The van der Waals surface area contributed by atoms with Crippen molar-refractivity contribution < 1.29 is 112 Å². The summed E-state index contributed by atoms with van der Waals surface area (Å²) in [6.07, 6.45) is -0.853. The van der Waals surface area contributed by atoms with Gasteiger partial charge in [-0.25, -0.2) is 30.0 Å². The molecule has 42 nitrogen and oxygen atoms in total. The number of hydrogen-bond donors (Lipinski definition) is 17. The zero-order valence-corrected chi connectivity index (χ0v) is 84.4. The number of Topliss-reactive ketones (excluding diaryl/α,β-unsaturated/α-hetero) is 1. The highest BCUT2D eigenvalue weighted by Gasteiger charge is 2.44. The number of para-hydroxylation sites is 2. The first-order chi connectivity index (χ1) is 67.9. The Balaban J connectivity index is 0.958. The summed E-state index contributed by atoms with van der Waals surface area (Å²) in [5.41, 5.74) is 15.0. The fraction of sp³-hybridized carbons (Fsp3) is 0.484. The summed E-state index contributed by atoms with van der Waals surface area (Å²) >= 11 is 2.62. The quantitative estimate of drug-likeness (QED) is 0.0795. The number of amides is 12. The predicted molar refractivity (Wildman–Crippen MR) is 534 cm³/mol. The van der Waals surface area contributed by atoms with E-state index in [2.05, 4.69) is 63.1 Å². The normalized spacial score (nSPS) is 26.7. The number of carbonyl (C=O) groups is 15. The van der Waals surface area contributed by atoms with Crippen LogP contribution < -0.4 is 64.6 Å². The Morgan fingerprint density at radius 1 is 0.497 bits per heavy atom. The molecular formula is C95H122N18O24S6. The van der Waals surface area contributed by atoms with Crippen LogP contribution in [0.4, 0.5) is 0 Å². The van der Waals surface area contributed by atoms with E-state index in [0.29, 0.717) is 49.6 Å². The first kappa shape index (κ1) is 110. The zero-order chi connectivity index (χ0) is 103. The van der Waals surface area contributed by atoms with E-state index in [4.69, 9.17) is 11.5 Å². The van der Waals surface area contributed by atoms with E-state index in [9.17, 15) is 68.1 Å². The average Bonchev–Trinajstić information content (AvgIpc) is 1.64. The first-order valence-corrected chi connectivity index (χ1v) is 55.2. The smallest absolute Gasteiger partial charge is 0.335 e. The number of carboxylic acids is 2. The lowest BCUT2D eigenvalue weighted by Gasteiger charge is -2.32. The largest absolute Gasteiger partial charge is 0.481 e. The van der Waals surface area contributed by atoms with Crippen LogP contribution >= 0.6 is 35.3 Å². The highest BCUT2D eigenvalue weighted by Crippen LogP contribution is 2.31. The van der Waals surface area contributed by atoms with E-state index < -0.39 is 289 Å². The van der Waals surface area contributed by atoms with Crippen molar-refractivity contribution in [3.63, 3.8) is 0 Å². The molecule has 1 saturated carbocycles. The second-order valence-corrected chi connectivity index (χ2v) is 46.7. The van der Waals surface area contributed by atoms with E-state index >= 15 is 44.4 Å². The van der Waals surface area contributed by atoms with Gasteiger partial charge in [0.2, 0.25) is 101 Å². The molecule has 2 aromatic heterocycles. The summed E-state index contributed by atoms with van der Waals surface area (Å²) in [6, 6.07) is 13.0. The van der Waals surface area contributed by atoms with Gasteiger partial charge >= 0.3 is 11.9 Å². The maximum absolute atomic E-state index is 15.7. The Morgan fingerprint density at radius 2 is 0.986 bits per heavy atom. The number of rotatable bonds is 12. The van der Waals surface area contributed by atoms with Gasteiger partial charge in [-0.2, -0.15) is 48.2 Å². The number of aliphatic hydroxyl groups excluding tert-OH is 1. The molecule has 16 atom stereocenters. The molecule has 143 heavy (non-hydrogen) atoms. The van der Waals surface area contributed by atoms with E-state index in [1.807, 2.05) is 0 Å².